The van der Waals surface area contributed by atoms with Crippen molar-refractivity contribution in [2.24, 2.45) is 16.9 Å². The molecule has 0 saturated heterocycles. The van der Waals surface area contributed by atoms with Crippen LogP contribution in [0.15, 0.2) is 52.0 Å². The van der Waals surface area contributed by atoms with Crippen LogP contribution in [0.4, 0.5) is 0 Å². The van der Waals surface area contributed by atoms with Crippen LogP contribution < -0.4 is 5.43 Å². The van der Waals surface area contributed by atoms with Gasteiger partial charge in [0.25, 0.3) is 0 Å². The summed E-state index contributed by atoms with van der Waals surface area (Å²) in [6.45, 7) is 4.13. The second-order valence-corrected chi connectivity index (χ2v) is 6.91. The van der Waals surface area contributed by atoms with Gasteiger partial charge in [-0.1, -0.05) is 26.3 Å². The van der Waals surface area contributed by atoms with Gasteiger partial charge in [-0.15, -0.1) is 0 Å². The molecular formula is C21H21N3O3. The Hall–Kier alpha value is -3.15. The highest BCUT2D eigenvalue weighted by atomic mass is 16.3. The molecule has 0 radical (unpaired) electrons. The van der Waals surface area contributed by atoms with Gasteiger partial charge < -0.3 is 9.52 Å². The van der Waals surface area contributed by atoms with Crippen LogP contribution in [0.5, 0.6) is 5.75 Å². The van der Waals surface area contributed by atoms with E-state index in [2.05, 4.69) is 22.4 Å². The molecule has 1 aliphatic heterocycles. The van der Waals surface area contributed by atoms with E-state index in [0.717, 1.165) is 35.2 Å². The Labute approximate surface area is 156 Å². The summed E-state index contributed by atoms with van der Waals surface area (Å²) in [6.07, 6.45) is 1.79. The van der Waals surface area contributed by atoms with Crippen LogP contribution in [0.3, 0.4) is 0 Å². The number of phenols is 1. The number of hydrazone groups is 1. The Morgan fingerprint density at radius 3 is 2.63 bits per heavy atom. The van der Waals surface area contributed by atoms with Crippen molar-refractivity contribution in [3.05, 3.63) is 48.0 Å². The number of rotatable bonds is 4. The summed E-state index contributed by atoms with van der Waals surface area (Å²) in [5, 5.41) is 13.7. The monoisotopic (exact) mass is 363 g/mol. The van der Waals surface area contributed by atoms with Crippen molar-refractivity contribution in [3.8, 4) is 17.2 Å². The van der Waals surface area contributed by atoms with E-state index in [4.69, 9.17) is 4.42 Å². The minimum atomic E-state index is -0.0690. The highest BCUT2D eigenvalue weighted by Crippen LogP contribution is 2.29. The summed E-state index contributed by atoms with van der Waals surface area (Å²) in [5.74, 6) is 0.655. The number of amides is 1. The number of hydrogen-bond donors (Lipinski definition) is 2. The standard InChI is InChI=1S/C21H21N3O3/c1-3-4-16-12(2)19(23-24-20(16)26)14-7-10-17-18(11-14)27-21(22-17)13-5-8-15(25)9-6-13/h5-12,16,25H,3-4H2,1-2H3,(H,24,26)/t12-,16-/m0/s1. The highest BCUT2D eigenvalue weighted by Gasteiger charge is 2.32. The first-order valence-electron chi connectivity index (χ1n) is 9.14. The number of fused-ring (bicyclic) bond motifs is 1. The number of phenolic OH excluding ortho intramolecular Hbond substituents is 1. The first-order chi connectivity index (χ1) is 13.1. The van der Waals surface area contributed by atoms with Gasteiger partial charge in [0, 0.05) is 23.0 Å². The Morgan fingerprint density at radius 2 is 1.89 bits per heavy atom. The van der Waals surface area contributed by atoms with Crippen molar-refractivity contribution in [1.29, 1.82) is 0 Å². The number of carbonyl (C=O) groups excluding carboxylic acids is 1. The van der Waals surface area contributed by atoms with Gasteiger partial charge in [0.1, 0.15) is 11.3 Å². The molecule has 0 spiro atoms. The van der Waals surface area contributed by atoms with Gasteiger partial charge in [0.15, 0.2) is 5.58 Å². The van der Waals surface area contributed by atoms with Crippen molar-refractivity contribution >= 4 is 22.7 Å². The van der Waals surface area contributed by atoms with E-state index in [1.54, 1.807) is 24.3 Å². The van der Waals surface area contributed by atoms with E-state index in [-0.39, 0.29) is 23.5 Å². The number of aromatic hydroxyl groups is 1. The van der Waals surface area contributed by atoms with Gasteiger partial charge in [0.05, 0.1) is 5.71 Å². The van der Waals surface area contributed by atoms with Crippen LogP contribution in [0.25, 0.3) is 22.6 Å². The van der Waals surface area contributed by atoms with E-state index >= 15 is 0 Å². The molecular weight excluding hydrogens is 342 g/mol. The van der Waals surface area contributed by atoms with Crippen molar-refractivity contribution in [2.45, 2.75) is 26.7 Å². The molecule has 27 heavy (non-hydrogen) atoms. The summed E-state index contributed by atoms with van der Waals surface area (Å²) in [4.78, 5) is 16.6. The number of nitrogens with one attached hydrogen (secondary N) is 1. The molecule has 0 fully saturated rings. The molecule has 2 heterocycles. The topological polar surface area (TPSA) is 87.7 Å². The van der Waals surface area contributed by atoms with Gasteiger partial charge in [-0.25, -0.2) is 10.4 Å². The first-order valence-corrected chi connectivity index (χ1v) is 9.14. The van der Waals surface area contributed by atoms with Crippen LogP contribution >= 0.6 is 0 Å². The average molecular weight is 363 g/mol. The Morgan fingerprint density at radius 1 is 1.15 bits per heavy atom. The number of benzene rings is 2. The largest absolute Gasteiger partial charge is 0.508 e. The fourth-order valence-corrected chi connectivity index (χ4v) is 3.55. The van der Waals surface area contributed by atoms with Crippen LogP contribution in [0.1, 0.15) is 32.3 Å². The third-order valence-corrected chi connectivity index (χ3v) is 5.06. The zero-order chi connectivity index (χ0) is 19.0. The van der Waals surface area contributed by atoms with Gasteiger partial charge in [-0.05, 0) is 42.8 Å². The third kappa shape index (κ3) is 3.18. The molecule has 6 nitrogen and oxygen atoms in total. The summed E-state index contributed by atoms with van der Waals surface area (Å²) in [7, 11) is 0. The molecule has 0 bridgehead atoms. The maximum Gasteiger partial charge on any atom is 0.243 e. The number of aromatic nitrogens is 1. The summed E-state index contributed by atoms with van der Waals surface area (Å²) >= 11 is 0. The Bertz CT molecular complexity index is 1020. The minimum Gasteiger partial charge on any atom is -0.508 e. The lowest BCUT2D eigenvalue weighted by molar-refractivity contribution is -0.126. The van der Waals surface area contributed by atoms with Gasteiger partial charge in [-0.2, -0.15) is 5.10 Å². The van der Waals surface area contributed by atoms with Crippen LogP contribution in [-0.4, -0.2) is 21.7 Å². The Kier molecular flexibility index (Phi) is 4.39. The molecule has 2 atom stereocenters. The molecule has 0 unspecified atom stereocenters. The summed E-state index contributed by atoms with van der Waals surface area (Å²) < 4.78 is 5.92. The number of carbonyl (C=O) groups is 1. The molecule has 138 valence electrons. The lowest BCUT2D eigenvalue weighted by Crippen LogP contribution is -2.40. The summed E-state index contributed by atoms with van der Waals surface area (Å²) in [6, 6.07) is 12.5. The summed E-state index contributed by atoms with van der Waals surface area (Å²) in [5.41, 5.74) is 6.65. The lowest BCUT2D eigenvalue weighted by Gasteiger charge is -2.27. The third-order valence-electron chi connectivity index (χ3n) is 5.06. The van der Waals surface area contributed by atoms with Crippen LogP contribution in [0.2, 0.25) is 0 Å². The molecule has 0 aliphatic carbocycles. The predicted octanol–water partition coefficient (Wildman–Crippen LogP) is 4.09. The molecule has 6 heteroatoms. The van der Waals surface area contributed by atoms with Gasteiger partial charge in [0.2, 0.25) is 11.8 Å². The average Bonchev–Trinajstić information content (AvgIpc) is 3.09. The number of oxazole rings is 1. The van der Waals surface area contributed by atoms with E-state index in [0.29, 0.717) is 11.5 Å². The number of nitrogens with zero attached hydrogens (tertiary/aromatic N) is 2. The number of hydrogen-bond acceptors (Lipinski definition) is 5. The quantitative estimate of drug-likeness (QED) is 0.731. The van der Waals surface area contributed by atoms with Crippen molar-refractivity contribution in [1.82, 2.24) is 10.4 Å². The minimum absolute atomic E-state index is 0.0107. The molecule has 1 aromatic heterocycles. The van der Waals surface area contributed by atoms with Crippen LogP contribution in [-0.2, 0) is 4.79 Å². The zero-order valence-corrected chi connectivity index (χ0v) is 15.3. The SMILES string of the molecule is CCC[C@@H]1C(=O)NN=C(c2ccc3nc(-c4ccc(O)cc4)oc3c2)[C@H]1C. The molecule has 3 aromatic rings. The first kappa shape index (κ1) is 17.3. The molecule has 4 rings (SSSR count). The van der Waals surface area contributed by atoms with E-state index in [1.165, 1.54) is 0 Å². The normalized spacial score (nSPS) is 19.8. The van der Waals surface area contributed by atoms with E-state index < -0.39 is 0 Å². The van der Waals surface area contributed by atoms with E-state index in [1.807, 2.05) is 25.1 Å². The maximum absolute atomic E-state index is 12.1. The van der Waals surface area contributed by atoms with Crippen molar-refractivity contribution in [3.63, 3.8) is 0 Å². The van der Waals surface area contributed by atoms with E-state index in [9.17, 15) is 9.90 Å². The fraction of sp³-hybridized carbons (Fsp3) is 0.286. The smallest absolute Gasteiger partial charge is 0.243 e. The van der Waals surface area contributed by atoms with Crippen LogP contribution in [0, 0.1) is 11.8 Å². The maximum atomic E-state index is 12.1. The Balaban J connectivity index is 1.69. The van der Waals surface area contributed by atoms with Crippen molar-refractivity contribution in [2.75, 3.05) is 0 Å². The zero-order valence-electron chi connectivity index (χ0n) is 15.3. The second kappa shape index (κ2) is 6.87. The molecule has 0 saturated carbocycles. The fourth-order valence-electron chi connectivity index (χ4n) is 3.55. The lowest BCUT2D eigenvalue weighted by atomic mass is 9.82. The predicted molar refractivity (Wildman–Crippen MR) is 103 cm³/mol. The molecule has 1 aliphatic rings. The van der Waals surface area contributed by atoms with Gasteiger partial charge >= 0.3 is 0 Å². The molecule has 2 N–H and O–H groups in total. The van der Waals surface area contributed by atoms with Gasteiger partial charge in [-0.3, -0.25) is 4.79 Å². The second-order valence-electron chi connectivity index (χ2n) is 6.91. The van der Waals surface area contributed by atoms with Crippen molar-refractivity contribution < 1.29 is 14.3 Å². The molecule has 1 amide bonds. The molecule has 2 aromatic carbocycles. The highest BCUT2D eigenvalue weighted by molar-refractivity contribution is 6.07.